The quantitative estimate of drug-likeness (QED) is 0.332. The van der Waals surface area contributed by atoms with E-state index in [2.05, 4.69) is 55.3 Å². The Morgan fingerprint density at radius 2 is 1.72 bits per heavy atom. The third-order valence-corrected chi connectivity index (χ3v) is 7.04. The second-order valence-corrected chi connectivity index (χ2v) is 9.80. The van der Waals surface area contributed by atoms with Crippen LogP contribution >= 0.6 is 15.9 Å². The highest BCUT2D eigenvalue weighted by molar-refractivity contribution is 9.10. The monoisotopic (exact) mass is 541 g/mol. The number of nitrogens with one attached hydrogen (secondary N) is 1. The van der Waals surface area contributed by atoms with Gasteiger partial charge in [0, 0.05) is 46.0 Å². The van der Waals surface area contributed by atoms with E-state index in [0.29, 0.717) is 18.6 Å². The average molecular weight is 542 g/mol. The van der Waals surface area contributed by atoms with Crippen molar-refractivity contribution in [3.8, 4) is 28.2 Å². The Kier molecular flexibility index (Phi) is 5.91. The topological polar surface area (TPSA) is 76.0 Å². The lowest BCUT2D eigenvalue weighted by Gasteiger charge is -2.29. The molecule has 36 heavy (non-hydrogen) atoms. The first-order chi connectivity index (χ1) is 17.6. The van der Waals surface area contributed by atoms with Gasteiger partial charge in [0.25, 0.3) is 5.56 Å². The first-order valence-corrected chi connectivity index (χ1v) is 12.6. The van der Waals surface area contributed by atoms with Crippen molar-refractivity contribution in [3.63, 3.8) is 0 Å². The molecule has 180 valence electrons. The number of benzene rings is 3. The van der Waals surface area contributed by atoms with Crippen molar-refractivity contribution in [2.24, 2.45) is 0 Å². The lowest BCUT2D eigenvalue weighted by atomic mass is 10.0. The molecular weight excluding hydrogens is 518 g/mol. The van der Waals surface area contributed by atoms with Crippen LogP contribution in [0.5, 0.6) is 0 Å². The van der Waals surface area contributed by atoms with Crippen LogP contribution in [0.4, 0.5) is 5.69 Å². The highest BCUT2D eigenvalue weighted by atomic mass is 79.9. The van der Waals surface area contributed by atoms with Crippen LogP contribution in [0.1, 0.15) is 5.56 Å². The van der Waals surface area contributed by atoms with Crippen LogP contribution in [0.25, 0.3) is 39.0 Å². The predicted octanol–water partition coefficient (Wildman–Crippen LogP) is 5.35. The third kappa shape index (κ3) is 4.12. The fourth-order valence-electron chi connectivity index (χ4n) is 4.71. The molecule has 0 aliphatic carbocycles. The van der Waals surface area contributed by atoms with Crippen molar-refractivity contribution >= 4 is 32.4 Å². The summed E-state index contributed by atoms with van der Waals surface area (Å²) in [5.41, 5.74) is 6.21. The SMILES string of the molecule is Cc1ccc(N2CCOCC2)cc1-n1nc(-c2cc(Br)cc(-c3ccn[nH]3)c2)c2ccccc2c1=O. The molecule has 1 fully saturated rings. The van der Waals surface area contributed by atoms with Crippen LogP contribution in [0.2, 0.25) is 0 Å². The number of ether oxygens (including phenoxy) is 1. The van der Waals surface area contributed by atoms with Crippen LogP contribution in [-0.2, 0) is 4.74 Å². The van der Waals surface area contributed by atoms with E-state index in [4.69, 9.17) is 9.84 Å². The number of halogens is 1. The molecule has 2 aromatic heterocycles. The molecule has 0 amide bonds. The van der Waals surface area contributed by atoms with Gasteiger partial charge in [0.2, 0.25) is 0 Å². The van der Waals surface area contributed by atoms with E-state index in [1.165, 1.54) is 0 Å². The van der Waals surface area contributed by atoms with Crippen LogP contribution in [-0.4, -0.2) is 46.3 Å². The van der Waals surface area contributed by atoms with E-state index in [1.807, 2.05) is 49.4 Å². The second-order valence-electron chi connectivity index (χ2n) is 8.88. The zero-order chi connectivity index (χ0) is 24.6. The predicted molar refractivity (Wildman–Crippen MR) is 146 cm³/mol. The maximum Gasteiger partial charge on any atom is 0.279 e. The number of aromatic amines is 1. The molecule has 0 atom stereocenters. The summed E-state index contributed by atoms with van der Waals surface area (Å²) in [4.78, 5) is 16.0. The van der Waals surface area contributed by atoms with Gasteiger partial charge in [-0.3, -0.25) is 9.89 Å². The molecule has 7 nitrogen and oxygen atoms in total. The van der Waals surface area contributed by atoms with E-state index in [9.17, 15) is 4.79 Å². The Labute approximate surface area is 216 Å². The number of morpholine rings is 1. The number of aryl methyl sites for hydroxylation is 1. The number of anilines is 1. The lowest BCUT2D eigenvalue weighted by molar-refractivity contribution is 0.122. The number of nitrogens with zero attached hydrogens (tertiary/aromatic N) is 4. The van der Waals surface area contributed by atoms with E-state index in [-0.39, 0.29) is 5.56 Å². The minimum absolute atomic E-state index is 0.139. The number of H-pyrrole nitrogens is 1. The molecular formula is C28H24BrN5O2. The molecule has 1 saturated heterocycles. The smallest absolute Gasteiger partial charge is 0.279 e. The summed E-state index contributed by atoms with van der Waals surface area (Å²) >= 11 is 3.66. The van der Waals surface area contributed by atoms with Gasteiger partial charge in [-0.15, -0.1) is 0 Å². The summed E-state index contributed by atoms with van der Waals surface area (Å²) in [6.45, 7) is 5.05. The highest BCUT2D eigenvalue weighted by Crippen LogP contribution is 2.32. The summed E-state index contributed by atoms with van der Waals surface area (Å²) in [7, 11) is 0. The molecule has 0 unspecified atom stereocenters. The molecule has 0 spiro atoms. The van der Waals surface area contributed by atoms with Gasteiger partial charge in [-0.1, -0.05) is 40.2 Å². The second kappa shape index (κ2) is 9.37. The van der Waals surface area contributed by atoms with Crippen molar-refractivity contribution in [2.75, 3.05) is 31.2 Å². The zero-order valence-corrected chi connectivity index (χ0v) is 21.3. The standard InChI is InChI=1S/C28H24BrN5O2/c1-18-6-7-22(33-10-12-36-13-11-33)17-26(18)34-28(35)24-5-3-2-4-23(24)27(32-34)20-14-19(15-21(29)16-20)25-8-9-30-31-25/h2-9,14-17H,10-13H2,1H3,(H,30,31). The van der Waals surface area contributed by atoms with E-state index >= 15 is 0 Å². The van der Waals surface area contributed by atoms with E-state index in [0.717, 1.165) is 62.4 Å². The summed E-state index contributed by atoms with van der Waals surface area (Å²) in [6, 6.07) is 21.9. The van der Waals surface area contributed by atoms with Crippen molar-refractivity contribution in [3.05, 3.63) is 93.3 Å². The number of aromatic nitrogens is 4. The fraction of sp³-hybridized carbons (Fsp3) is 0.179. The number of fused-ring (bicyclic) bond motifs is 1. The molecule has 0 radical (unpaired) electrons. The first kappa shape index (κ1) is 22.7. The summed E-state index contributed by atoms with van der Waals surface area (Å²) < 4.78 is 7.98. The Hall–Kier alpha value is -3.75. The van der Waals surface area contributed by atoms with Gasteiger partial charge in [-0.2, -0.15) is 14.9 Å². The van der Waals surface area contributed by atoms with Gasteiger partial charge >= 0.3 is 0 Å². The molecule has 5 aromatic rings. The van der Waals surface area contributed by atoms with Gasteiger partial charge in [-0.25, -0.2) is 0 Å². The normalized spacial score (nSPS) is 13.9. The highest BCUT2D eigenvalue weighted by Gasteiger charge is 2.18. The maximum absolute atomic E-state index is 13.7. The fourth-order valence-corrected chi connectivity index (χ4v) is 5.20. The van der Waals surface area contributed by atoms with Crippen LogP contribution in [0.15, 0.2) is 82.2 Å². The van der Waals surface area contributed by atoms with Crippen molar-refractivity contribution in [1.29, 1.82) is 0 Å². The molecule has 1 aliphatic heterocycles. The Balaban J connectivity index is 1.57. The van der Waals surface area contributed by atoms with E-state index in [1.54, 1.807) is 10.9 Å². The average Bonchev–Trinajstić information content (AvgIpc) is 3.45. The largest absolute Gasteiger partial charge is 0.378 e. The number of rotatable bonds is 4. The molecule has 1 N–H and O–H groups in total. The van der Waals surface area contributed by atoms with Crippen molar-refractivity contribution in [2.45, 2.75) is 6.92 Å². The summed E-state index contributed by atoms with van der Waals surface area (Å²) in [6.07, 6.45) is 1.73. The maximum atomic E-state index is 13.7. The molecule has 6 rings (SSSR count). The van der Waals surface area contributed by atoms with E-state index < -0.39 is 0 Å². The van der Waals surface area contributed by atoms with Crippen molar-refractivity contribution < 1.29 is 4.74 Å². The molecule has 0 saturated carbocycles. The third-order valence-electron chi connectivity index (χ3n) is 6.59. The number of hydrogen-bond acceptors (Lipinski definition) is 5. The lowest BCUT2D eigenvalue weighted by Crippen LogP contribution is -2.36. The molecule has 1 aliphatic rings. The molecule has 3 heterocycles. The van der Waals surface area contributed by atoms with Crippen LogP contribution in [0.3, 0.4) is 0 Å². The minimum Gasteiger partial charge on any atom is -0.378 e. The van der Waals surface area contributed by atoms with Crippen LogP contribution in [0, 0.1) is 6.92 Å². The van der Waals surface area contributed by atoms with Gasteiger partial charge in [0.1, 0.15) is 0 Å². The molecule has 0 bridgehead atoms. The number of hydrogen-bond donors (Lipinski definition) is 1. The van der Waals surface area contributed by atoms with Crippen molar-refractivity contribution in [1.82, 2.24) is 20.0 Å². The molecule has 3 aromatic carbocycles. The summed E-state index contributed by atoms with van der Waals surface area (Å²) in [5, 5.41) is 13.5. The first-order valence-electron chi connectivity index (χ1n) is 11.8. The van der Waals surface area contributed by atoms with Gasteiger partial charge in [-0.05, 0) is 55.0 Å². The van der Waals surface area contributed by atoms with Gasteiger partial charge in [0.15, 0.2) is 0 Å². The van der Waals surface area contributed by atoms with Gasteiger partial charge < -0.3 is 9.64 Å². The van der Waals surface area contributed by atoms with Crippen LogP contribution < -0.4 is 10.5 Å². The zero-order valence-electron chi connectivity index (χ0n) is 19.7. The van der Waals surface area contributed by atoms with Gasteiger partial charge in [0.05, 0.1) is 35.7 Å². The Bertz CT molecular complexity index is 1620. The minimum atomic E-state index is -0.139. The summed E-state index contributed by atoms with van der Waals surface area (Å²) in [5.74, 6) is 0. The Morgan fingerprint density at radius 3 is 2.50 bits per heavy atom. The Morgan fingerprint density at radius 1 is 0.944 bits per heavy atom. The molecule has 8 heteroatoms.